The van der Waals surface area contributed by atoms with Crippen LogP contribution in [0, 0.1) is 24.7 Å². The van der Waals surface area contributed by atoms with Gasteiger partial charge in [-0.3, -0.25) is 9.10 Å². The van der Waals surface area contributed by atoms with Crippen molar-refractivity contribution in [3.05, 3.63) is 59.7 Å². The molecule has 1 aliphatic heterocycles. The number of sulfonamides is 2. The average Bonchev–Trinajstić information content (AvgIpc) is 2.91. The van der Waals surface area contributed by atoms with E-state index in [2.05, 4.69) is 12.1 Å². The van der Waals surface area contributed by atoms with Crippen LogP contribution in [0.1, 0.15) is 49.7 Å². The van der Waals surface area contributed by atoms with E-state index in [1.807, 2.05) is 19.1 Å². The number of anilines is 1. The molecule has 40 heavy (non-hydrogen) atoms. The van der Waals surface area contributed by atoms with Gasteiger partial charge in [-0.15, -0.1) is 0 Å². The fourth-order valence-corrected chi connectivity index (χ4v) is 10.4. The van der Waals surface area contributed by atoms with Crippen LogP contribution in [-0.2, 0) is 30.3 Å². The highest BCUT2D eigenvalue weighted by molar-refractivity contribution is 7.92. The molecular formula is C30H39N3O5S2. The fraction of sp³-hybridized carbons (Fsp3) is 0.567. The zero-order valence-corrected chi connectivity index (χ0v) is 25.0. The minimum atomic E-state index is -3.70. The molecule has 1 saturated heterocycles. The first-order valence-electron chi connectivity index (χ1n) is 14.4. The number of nitrogens with zero attached hydrogens (tertiary/aromatic N) is 3. The van der Waals surface area contributed by atoms with Crippen LogP contribution in [0.15, 0.2) is 53.4 Å². The van der Waals surface area contributed by atoms with Gasteiger partial charge < -0.3 is 4.90 Å². The lowest BCUT2D eigenvalue weighted by atomic mass is 9.48. The second-order valence-corrected chi connectivity index (χ2v) is 16.5. The predicted molar refractivity (Wildman–Crippen MR) is 155 cm³/mol. The molecule has 216 valence electrons. The van der Waals surface area contributed by atoms with Gasteiger partial charge in [0, 0.05) is 26.2 Å². The van der Waals surface area contributed by atoms with Gasteiger partial charge in [0.05, 0.1) is 16.8 Å². The molecule has 8 nitrogen and oxygen atoms in total. The van der Waals surface area contributed by atoms with E-state index in [1.165, 1.54) is 52.7 Å². The summed E-state index contributed by atoms with van der Waals surface area (Å²) in [6, 6.07) is 14.6. The Morgan fingerprint density at radius 3 is 1.85 bits per heavy atom. The highest BCUT2D eigenvalue weighted by atomic mass is 32.2. The molecule has 2 aromatic rings. The molecule has 5 fully saturated rings. The van der Waals surface area contributed by atoms with Crippen molar-refractivity contribution in [3.63, 3.8) is 0 Å². The lowest BCUT2D eigenvalue weighted by Gasteiger charge is -2.57. The van der Waals surface area contributed by atoms with E-state index in [1.54, 1.807) is 29.2 Å². The number of rotatable bonds is 7. The molecule has 0 aromatic heterocycles. The summed E-state index contributed by atoms with van der Waals surface area (Å²) in [6.45, 7) is 2.36. The molecule has 2 aromatic carbocycles. The number of benzene rings is 2. The Morgan fingerprint density at radius 2 is 1.35 bits per heavy atom. The van der Waals surface area contributed by atoms with Gasteiger partial charge in [0.25, 0.3) is 0 Å². The molecule has 0 N–H and O–H groups in total. The predicted octanol–water partition coefficient (Wildman–Crippen LogP) is 3.76. The number of carbonyl (C=O) groups is 1. The van der Waals surface area contributed by atoms with Crippen LogP contribution in [-0.4, -0.2) is 70.9 Å². The maximum absolute atomic E-state index is 13.2. The van der Waals surface area contributed by atoms with Gasteiger partial charge in [0.1, 0.15) is 6.54 Å². The quantitative estimate of drug-likeness (QED) is 0.493. The Balaban J connectivity index is 1.12. The third-order valence-electron chi connectivity index (χ3n) is 9.74. The molecule has 4 saturated carbocycles. The molecule has 10 heteroatoms. The molecule has 0 atom stereocenters. The van der Waals surface area contributed by atoms with Crippen LogP contribution in [0.5, 0.6) is 0 Å². The number of carbonyl (C=O) groups excluding carboxylic acids is 1. The Labute approximate surface area is 238 Å². The average molecular weight is 586 g/mol. The lowest BCUT2D eigenvalue weighted by molar-refractivity contribution is -0.130. The van der Waals surface area contributed by atoms with E-state index in [0.29, 0.717) is 5.69 Å². The van der Waals surface area contributed by atoms with Gasteiger partial charge in [-0.1, -0.05) is 29.8 Å². The van der Waals surface area contributed by atoms with Crippen molar-refractivity contribution in [2.45, 2.75) is 55.8 Å². The molecule has 0 unspecified atom stereocenters. The fourth-order valence-electron chi connectivity index (χ4n) is 8.11. The van der Waals surface area contributed by atoms with Gasteiger partial charge in [-0.2, -0.15) is 4.31 Å². The summed E-state index contributed by atoms with van der Waals surface area (Å²) in [5.41, 5.74) is 3.00. The van der Waals surface area contributed by atoms with Crippen molar-refractivity contribution in [1.82, 2.24) is 9.21 Å². The summed E-state index contributed by atoms with van der Waals surface area (Å²) in [4.78, 5) is 15.0. The van der Waals surface area contributed by atoms with E-state index in [9.17, 15) is 21.6 Å². The zero-order valence-electron chi connectivity index (χ0n) is 23.3. The van der Waals surface area contributed by atoms with Crippen molar-refractivity contribution >= 4 is 31.6 Å². The van der Waals surface area contributed by atoms with Crippen LogP contribution in [0.3, 0.4) is 0 Å². The summed E-state index contributed by atoms with van der Waals surface area (Å²) in [6.07, 6.45) is 8.93. The molecule has 1 heterocycles. The van der Waals surface area contributed by atoms with Crippen molar-refractivity contribution in [3.8, 4) is 0 Å². The third-order valence-corrected chi connectivity index (χ3v) is 12.8. The van der Waals surface area contributed by atoms with Crippen molar-refractivity contribution in [2.75, 3.05) is 43.3 Å². The van der Waals surface area contributed by atoms with E-state index >= 15 is 0 Å². The van der Waals surface area contributed by atoms with E-state index < -0.39 is 20.0 Å². The topological polar surface area (TPSA) is 95.1 Å². The molecule has 0 radical (unpaired) electrons. The standard InChI is InChI=1S/C30H39N3O5S2/c1-22-3-9-28(10-4-22)40(37,38)32-13-11-31(12-14-32)29(34)21-33(39(2,35)36)27-7-5-26(6-8-27)30-18-23-15-24(19-30)17-25(16-23)20-30/h3-10,23-25H,11-21H2,1-2H3. The van der Waals surface area contributed by atoms with E-state index in [-0.39, 0.29) is 48.9 Å². The number of piperazine rings is 1. The first-order valence-corrected chi connectivity index (χ1v) is 17.6. The second-order valence-electron chi connectivity index (χ2n) is 12.6. The molecule has 4 bridgehead atoms. The maximum atomic E-state index is 13.2. The van der Waals surface area contributed by atoms with Crippen LogP contribution in [0.25, 0.3) is 0 Å². The second kappa shape index (κ2) is 10.1. The molecule has 0 spiro atoms. The van der Waals surface area contributed by atoms with Crippen molar-refractivity contribution < 1.29 is 21.6 Å². The molecule has 7 rings (SSSR count). The van der Waals surface area contributed by atoms with Crippen molar-refractivity contribution in [2.24, 2.45) is 17.8 Å². The summed E-state index contributed by atoms with van der Waals surface area (Å²) >= 11 is 0. The molecule has 1 amide bonds. The monoisotopic (exact) mass is 585 g/mol. The van der Waals surface area contributed by atoms with Crippen LogP contribution in [0.4, 0.5) is 5.69 Å². The smallest absolute Gasteiger partial charge is 0.243 e. The van der Waals surface area contributed by atoms with Crippen LogP contribution < -0.4 is 4.31 Å². The first-order chi connectivity index (χ1) is 18.9. The largest absolute Gasteiger partial charge is 0.338 e. The molecule has 4 aliphatic carbocycles. The first kappa shape index (κ1) is 27.7. The Bertz CT molecular complexity index is 1440. The van der Waals surface area contributed by atoms with Gasteiger partial charge in [-0.05, 0) is 98.4 Å². The minimum Gasteiger partial charge on any atom is -0.338 e. The molecular weight excluding hydrogens is 546 g/mol. The Hall–Kier alpha value is -2.43. The highest BCUT2D eigenvalue weighted by Gasteiger charge is 2.51. The van der Waals surface area contributed by atoms with Crippen LogP contribution in [0.2, 0.25) is 0 Å². The van der Waals surface area contributed by atoms with Crippen LogP contribution >= 0.6 is 0 Å². The minimum absolute atomic E-state index is 0.167. The molecule has 5 aliphatic rings. The number of amides is 1. The summed E-state index contributed by atoms with van der Waals surface area (Å²) < 4.78 is 54.2. The van der Waals surface area contributed by atoms with Gasteiger partial charge >= 0.3 is 0 Å². The Morgan fingerprint density at radius 1 is 0.825 bits per heavy atom. The van der Waals surface area contributed by atoms with Gasteiger partial charge in [0.2, 0.25) is 26.0 Å². The zero-order chi connectivity index (χ0) is 28.3. The third kappa shape index (κ3) is 5.18. The van der Waals surface area contributed by atoms with E-state index in [0.717, 1.165) is 29.6 Å². The Kier molecular flexibility index (Phi) is 7.02. The highest BCUT2D eigenvalue weighted by Crippen LogP contribution is 2.60. The summed E-state index contributed by atoms with van der Waals surface area (Å²) in [7, 11) is -7.35. The SMILES string of the molecule is Cc1ccc(S(=O)(=O)N2CCN(C(=O)CN(c3ccc(C45CC6CC(CC(C6)C4)C5)cc3)S(C)(=O)=O)CC2)cc1. The van der Waals surface area contributed by atoms with Gasteiger partial charge in [-0.25, -0.2) is 16.8 Å². The number of hydrogen-bond acceptors (Lipinski definition) is 5. The van der Waals surface area contributed by atoms with E-state index in [4.69, 9.17) is 0 Å². The summed E-state index contributed by atoms with van der Waals surface area (Å²) in [5, 5.41) is 0. The maximum Gasteiger partial charge on any atom is 0.243 e. The summed E-state index contributed by atoms with van der Waals surface area (Å²) in [5.74, 6) is 2.14. The number of aryl methyl sites for hydroxylation is 1. The normalized spacial score (nSPS) is 28.6. The lowest BCUT2D eigenvalue weighted by Crippen LogP contribution is -2.53. The van der Waals surface area contributed by atoms with Gasteiger partial charge in [0.15, 0.2) is 0 Å². The number of hydrogen-bond donors (Lipinski definition) is 0. The van der Waals surface area contributed by atoms with Crippen molar-refractivity contribution in [1.29, 1.82) is 0 Å².